The number of rotatable bonds is 9. The Kier molecular flexibility index (Phi) is 7.26. The molecule has 0 fully saturated rings. The van der Waals surface area contributed by atoms with Crippen LogP contribution in [0.15, 0.2) is 28.4 Å². The highest BCUT2D eigenvalue weighted by Gasteiger charge is 2.14. The van der Waals surface area contributed by atoms with Crippen LogP contribution in [0, 0.1) is 6.92 Å². The first kappa shape index (κ1) is 20.0. The molecule has 26 heavy (non-hydrogen) atoms. The fourth-order valence-corrected chi connectivity index (χ4v) is 3.38. The van der Waals surface area contributed by atoms with Crippen molar-refractivity contribution in [3.05, 3.63) is 44.5 Å². The van der Waals surface area contributed by atoms with Crippen molar-refractivity contribution >= 4 is 17.2 Å². The van der Waals surface area contributed by atoms with E-state index < -0.39 is 0 Å². The standard InChI is InChI=1S/C19H26N2O4S/c1-5-24-16-8-7-15(11-17(16)25-6-2)14(4)20-18(22)9-10-21-13(3)12-26-19(21)23/h7-8,11-12,14H,5-6,9-10H2,1-4H3,(H,20,22). The lowest BCUT2D eigenvalue weighted by Crippen LogP contribution is -2.28. The number of hydrogen-bond donors (Lipinski definition) is 1. The van der Waals surface area contributed by atoms with Crippen molar-refractivity contribution in [1.29, 1.82) is 0 Å². The summed E-state index contributed by atoms with van der Waals surface area (Å²) < 4.78 is 12.8. The zero-order chi connectivity index (χ0) is 19.1. The van der Waals surface area contributed by atoms with E-state index in [0.29, 0.717) is 31.3 Å². The summed E-state index contributed by atoms with van der Waals surface area (Å²) >= 11 is 1.15. The lowest BCUT2D eigenvalue weighted by Gasteiger charge is -2.17. The van der Waals surface area contributed by atoms with E-state index in [0.717, 1.165) is 22.6 Å². The van der Waals surface area contributed by atoms with Crippen molar-refractivity contribution in [1.82, 2.24) is 9.88 Å². The van der Waals surface area contributed by atoms with Crippen LogP contribution in [0.1, 0.15) is 44.5 Å². The Morgan fingerprint density at radius 1 is 1.23 bits per heavy atom. The minimum atomic E-state index is -0.169. The van der Waals surface area contributed by atoms with Crippen molar-refractivity contribution in [2.75, 3.05) is 13.2 Å². The fourth-order valence-electron chi connectivity index (χ4n) is 2.62. The second-order valence-electron chi connectivity index (χ2n) is 5.91. The van der Waals surface area contributed by atoms with Gasteiger partial charge >= 0.3 is 4.87 Å². The first-order chi connectivity index (χ1) is 12.5. The molecule has 0 aliphatic carbocycles. The molecule has 2 rings (SSSR count). The number of benzene rings is 1. The lowest BCUT2D eigenvalue weighted by molar-refractivity contribution is -0.121. The second-order valence-corrected chi connectivity index (χ2v) is 6.73. The number of carbonyl (C=O) groups excluding carboxylic acids is 1. The van der Waals surface area contributed by atoms with Gasteiger partial charge < -0.3 is 19.4 Å². The predicted molar refractivity (Wildman–Crippen MR) is 103 cm³/mol. The zero-order valence-electron chi connectivity index (χ0n) is 15.7. The van der Waals surface area contributed by atoms with Gasteiger partial charge in [0, 0.05) is 24.0 Å². The Morgan fingerprint density at radius 3 is 2.54 bits per heavy atom. The maximum Gasteiger partial charge on any atom is 0.307 e. The number of aryl methyl sites for hydroxylation is 1. The summed E-state index contributed by atoms with van der Waals surface area (Å²) in [4.78, 5) is 23.9. The molecule has 0 aliphatic heterocycles. The van der Waals surface area contributed by atoms with Crippen molar-refractivity contribution in [2.45, 2.75) is 46.7 Å². The van der Waals surface area contributed by atoms with Gasteiger partial charge in [-0.15, -0.1) is 0 Å². The van der Waals surface area contributed by atoms with Crippen LogP contribution >= 0.6 is 11.3 Å². The molecule has 1 aromatic heterocycles. The van der Waals surface area contributed by atoms with E-state index in [9.17, 15) is 9.59 Å². The van der Waals surface area contributed by atoms with E-state index in [4.69, 9.17) is 9.47 Å². The number of nitrogens with one attached hydrogen (secondary N) is 1. The van der Waals surface area contributed by atoms with Crippen LogP contribution in [0.4, 0.5) is 0 Å². The SMILES string of the molecule is CCOc1ccc(C(C)NC(=O)CCn2c(C)csc2=O)cc1OCC. The molecule has 0 bridgehead atoms. The molecule has 1 atom stereocenters. The average molecular weight is 378 g/mol. The number of nitrogens with zero attached hydrogens (tertiary/aromatic N) is 1. The average Bonchev–Trinajstić information content (AvgIpc) is 2.93. The van der Waals surface area contributed by atoms with Gasteiger partial charge in [0.05, 0.1) is 19.3 Å². The van der Waals surface area contributed by atoms with Crippen LogP contribution < -0.4 is 19.7 Å². The van der Waals surface area contributed by atoms with Gasteiger partial charge in [-0.2, -0.15) is 0 Å². The largest absolute Gasteiger partial charge is 0.490 e. The van der Waals surface area contributed by atoms with Crippen LogP contribution in [0.3, 0.4) is 0 Å². The highest BCUT2D eigenvalue weighted by molar-refractivity contribution is 7.07. The summed E-state index contributed by atoms with van der Waals surface area (Å²) in [6.07, 6.45) is 0.261. The van der Waals surface area contributed by atoms with Crippen LogP contribution in [0.2, 0.25) is 0 Å². The normalized spacial score (nSPS) is 11.8. The molecule has 6 nitrogen and oxygen atoms in total. The third-order valence-electron chi connectivity index (χ3n) is 3.98. The van der Waals surface area contributed by atoms with Crippen LogP contribution in [0.25, 0.3) is 0 Å². The Balaban J connectivity index is 1.99. The summed E-state index contributed by atoms with van der Waals surface area (Å²) in [6.45, 7) is 9.13. The summed E-state index contributed by atoms with van der Waals surface area (Å²) in [5.74, 6) is 1.28. The molecule has 1 N–H and O–H groups in total. The topological polar surface area (TPSA) is 69.6 Å². The minimum Gasteiger partial charge on any atom is -0.490 e. The molecular weight excluding hydrogens is 352 g/mol. The first-order valence-corrected chi connectivity index (χ1v) is 9.68. The monoisotopic (exact) mass is 378 g/mol. The number of amides is 1. The van der Waals surface area contributed by atoms with Gasteiger partial charge in [0.2, 0.25) is 5.91 Å². The van der Waals surface area contributed by atoms with E-state index in [1.165, 1.54) is 0 Å². The predicted octanol–water partition coefficient (Wildman–Crippen LogP) is 3.28. The van der Waals surface area contributed by atoms with Crippen LogP contribution in [-0.2, 0) is 11.3 Å². The van der Waals surface area contributed by atoms with E-state index in [1.807, 2.05) is 45.9 Å². The maximum absolute atomic E-state index is 12.2. The number of thiazole rings is 1. The van der Waals surface area contributed by atoms with Crippen LogP contribution in [0.5, 0.6) is 11.5 Å². The van der Waals surface area contributed by atoms with E-state index in [1.54, 1.807) is 9.95 Å². The molecular formula is C19H26N2O4S. The summed E-state index contributed by atoms with van der Waals surface area (Å²) in [6, 6.07) is 5.51. The Bertz CT molecular complexity index is 797. The molecule has 0 radical (unpaired) electrons. The van der Waals surface area contributed by atoms with Crippen molar-refractivity contribution < 1.29 is 14.3 Å². The highest BCUT2D eigenvalue weighted by Crippen LogP contribution is 2.30. The number of carbonyl (C=O) groups is 1. The van der Waals surface area contributed by atoms with Gasteiger partial charge in [-0.1, -0.05) is 17.4 Å². The highest BCUT2D eigenvalue weighted by atomic mass is 32.1. The van der Waals surface area contributed by atoms with E-state index in [2.05, 4.69) is 5.32 Å². The molecule has 1 unspecified atom stereocenters. The molecule has 142 valence electrons. The van der Waals surface area contributed by atoms with Crippen LogP contribution in [-0.4, -0.2) is 23.7 Å². The van der Waals surface area contributed by atoms with Gasteiger partial charge in [-0.25, -0.2) is 0 Å². The molecule has 1 amide bonds. The van der Waals surface area contributed by atoms with E-state index in [-0.39, 0.29) is 23.2 Å². The van der Waals surface area contributed by atoms with Crippen molar-refractivity contribution in [3.8, 4) is 11.5 Å². The molecule has 1 aromatic carbocycles. The smallest absolute Gasteiger partial charge is 0.307 e. The second kappa shape index (κ2) is 9.43. The Hall–Kier alpha value is -2.28. The van der Waals surface area contributed by atoms with Crippen molar-refractivity contribution in [2.24, 2.45) is 0 Å². The summed E-state index contributed by atoms with van der Waals surface area (Å²) in [7, 11) is 0. The summed E-state index contributed by atoms with van der Waals surface area (Å²) in [5, 5.41) is 4.77. The molecule has 1 heterocycles. The Labute approximate surface area is 157 Å². The quantitative estimate of drug-likeness (QED) is 0.727. The van der Waals surface area contributed by atoms with E-state index >= 15 is 0 Å². The van der Waals surface area contributed by atoms with Gasteiger partial charge in [-0.3, -0.25) is 9.59 Å². The number of ether oxygens (including phenoxy) is 2. The maximum atomic E-state index is 12.2. The van der Waals surface area contributed by atoms with Gasteiger partial charge in [-0.05, 0) is 45.4 Å². The molecule has 0 aliphatic rings. The third-order valence-corrected chi connectivity index (χ3v) is 4.86. The third kappa shape index (κ3) is 5.11. The fraction of sp³-hybridized carbons (Fsp3) is 0.474. The molecule has 2 aromatic rings. The van der Waals surface area contributed by atoms with Crippen molar-refractivity contribution in [3.63, 3.8) is 0 Å². The molecule has 0 spiro atoms. The van der Waals surface area contributed by atoms with Gasteiger partial charge in [0.15, 0.2) is 11.5 Å². The van der Waals surface area contributed by atoms with Gasteiger partial charge in [0.1, 0.15) is 0 Å². The molecule has 0 saturated heterocycles. The number of hydrogen-bond acceptors (Lipinski definition) is 5. The van der Waals surface area contributed by atoms with Gasteiger partial charge in [0.25, 0.3) is 0 Å². The minimum absolute atomic E-state index is 0.0313. The Morgan fingerprint density at radius 2 is 1.92 bits per heavy atom. The molecule has 7 heteroatoms. The number of aromatic nitrogens is 1. The summed E-state index contributed by atoms with van der Waals surface area (Å²) in [5.41, 5.74) is 1.82. The lowest BCUT2D eigenvalue weighted by atomic mass is 10.1. The zero-order valence-corrected chi connectivity index (χ0v) is 16.5. The molecule has 0 saturated carbocycles. The first-order valence-electron chi connectivity index (χ1n) is 8.80.